The van der Waals surface area contributed by atoms with Crippen molar-refractivity contribution in [2.24, 2.45) is 0 Å². The Kier molecular flexibility index (Phi) is 6.39. The molecule has 1 N–H and O–H groups in total. The van der Waals surface area contributed by atoms with Crippen molar-refractivity contribution in [2.75, 3.05) is 50.6 Å². The molecule has 1 aromatic heterocycles. The molecule has 0 atom stereocenters. The van der Waals surface area contributed by atoms with Crippen LogP contribution in [0.4, 0.5) is 17.5 Å². The molecule has 0 saturated carbocycles. The third-order valence-corrected chi connectivity index (χ3v) is 5.39. The summed E-state index contributed by atoms with van der Waals surface area (Å²) in [4.78, 5) is 26.2. The number of methoxy groups -OCH3 is 2. The summed E-state index contributed by atoms with van der Waals surface area (Å²) >= 11 is 0. The zero-order valence-electron chi connectivity index (χ0n) is 18.5. The summed E-state index contributed by atoms with van der Waals surface area (Å²) in [7, 11) is 3.23. The molecule has 1 fully saturated rings. The first-order valence-corrected chi connectivity index (χ1v) is 10.5. The molecule has 3 aromatic rings. The van der Waals surface area contributed by atoms with Crippen LogP contribution in [-0.4, -0.2) is 61.2 Å². The Bertz CT molecular complexity index is 1080. The lowest BCUT2D eigenvalue weighted by Crippen LogP contribution is -2.49. The second kappa shape index (κ2) is 9.55. The number of rotatable bonds is 6. The number of carbonyl (C=O) groups is 1. The lowest BCUT2D eigenvalue weighted by atomic mass is 10.1. The smallest absolute Gasteiger partial charge is 0.257 e. The van der Waals surface area contributed by atoms with Gasteiger partial charge in [0, 0.05) is 43.6 Å². The minimum Gasteiger partial charge on any atom is -0.497 e. The number of hydrogen-bond donors (Lipinski definition) is 1. The second-order valence-electron chi connectivity index (χ2n) is 7.53. The van der Waals surface area contributed by atoms with Crippen LogP contribution >= 0.6 is 0 Å². The first-order valence-electron chi connectivity index (χ1n) is 10.5. The molecule has 0 unspecified atom stereocenters. The van der Waals surface area contributed by atoms with Gasteiger partial charge in [-0.1, -0.05) is 12.1 Å². The Morgan fingerprint density at radius 3 is 2.34 bits per heavy atom. The molecule has 0 bridgehead atoms. The Hall–Kier alpha value is -3.81. The van der Waals surface area contributed by atoms with Gasteiger partial charge in [-0.2, -0.15) is 4.98 Å². The molecule has 8 nitrogen and oxygen atoms in total. The third kappa shape index (κ3) is 4.74. The van der Waals surface area contributed by atoms with Crippen molar-refractivity contribution in [3.63, 3.8) is 0 Å². The van der Waals surface area contributed by atoms with Crippen molar-refractivity contribution in [2.45, 2.75) is 6.92 Å². The van der Waals surface area contributed by atoms with Gasteiger partial charge in [-0.25, -0.2) is 4.98 Å². The topological polar surface area (TPSA) is 79.8 Å². The summed E-state index contributed by atoms with van der Waals surface area (Å²) in [5.41, 5.74) is 2.38. The molecular weight excluding hydrogens is 406 g/mol. The average molecular weight is 434 g/mol. The van der Waals surface area contributed by atoms with Crippen molar-refractivity contribution in [1.82, 2.24) is 14.9 Å². The highest BCUT2D eigenvalue weighted by Gasteiger charge is 2.25. The number of aromatic nitrogens is 2. The number of piperazine rings is 1. The van der Waals surface area contributed by atoms with Crippen LogP contribution in [0, 0.1) is 6.92 Å². The van der Waals surface area contributed by atoms with Gasteiger partial charge in [0.2, 0.25) is 5.95 Å². The molecule has 0 spiro atoms. The van der Waals surface area contributed by atoms with Crippen LogP contribution in [0.5, 0.6) is 11.5 Å². The number of nitrogens with zero attached hydrogens (tertiary/aromatic N) is 4. The summed E-state index contributed by atoms with van der Waals surface area (Å²) in [6, 6.07) is 16.9. The van der Waals surface area contributed by atoms with Crippen LogP contribution < -0.4 is 19.7 Å². The van der Waals surface area contributed by atoms with Crippen molar-refractivity contribution >= 4 is 23.4 Å². The van der Waals surface area contributed by atoms with Crippen LogP contribution in [-0.2, 0) is 0 Å². The molecule has 0 radical (unpaired) electrons. The monoisotopic (exact) mass is 433 g/mol. The zero-order chi connectivity index (χ0) is 22.5. The van der Waals surface area contributed by atoms with Crippen molar-refractivity contribution < 1.29 is 14.3 Å². The van der Waals surface area contributed by atoms with Gasteiger partial charge in [0.1, 0.15) is 17.3 Å². The van der Waals surface area contributed by atoms with Crippen LogP contribution in [0.2, 0.25) is 0 Å². The Balaban J connectivity index is 1.43. The molecule has 8 heteroatoms. The number of anilines is 3. The van der Waals surface area contributed by atoms with Crippen molar-refractivity contribution in [3.8, 4) is 11.5 Å². The number of para-hydroxylation sites is 1. The lowest BCUT2D eigenvalue weighted by molar-refractivity contribution is 0.0743. The summed E-state index contributed by atoms with van der Waals surface area (Å²) in [5, 5.41) is 3.32. The fourth-order valence-electron chi connectivity index (χ4n) is 3.68. The first-order chi connectivity index (χ1) is 15.6. The number of ether oxygens (including phenoxy) is 2. The number of hydrogen-bond acceptors (Lipinski definition) is 7. The van der Waals surface area contributed by atoms with Gasteiger partial charge < -0.3 is 24.6 Å². The zero-order valence-corrected chi connectivity index (χ0v) is 18.5. The summed E-state index contributed by atoms with van der Waals surface area (Å²) in [6.07, 6.45) is 0. The van der Waals surface area contributed by atoms with Crippen LogP contribution in [0.25, 0.3) is 0 Å². The molecule has 2 aromatic carbocycles. The summed E-state index contributed by atoms with van der Waals surface area (Å²) in [6.45, 7) is 4.45. The van der Waals surface area contributed by atoms with Crippen LogP contribution in [0.1, 0.15) is 16.1 Å². The van der Waals surface area contributed by atoms with E-state index in [1.165, 1.54) is 0 Å². The predicted molar refractivity (Wildman–Crippen MR) is 124 cm³/mol. The Morgan fingerprint density at radius 2 is 1.66 bits per heavy atom. The van der Waals surface area contributed by atoms with E-state index in [1.54, 1.807) is 26.4 Å². The highest BCUT2D eigenvalue weighted by Crippen LogP contribution is 2.23. The number of nitrogens with one attached hydrogen (secondary N) is 1. The molecule has 32 heavy (non-hydrogen) atoms. The number of aryl methyl sites for hydroxylation is 1. The van der Waals surface area contributed by atoms with Gasteiger partial charge in [0.15, 0.2) is 0 Å². The van der Waals surface area contributed by atoms with Gasteiger partial charge >= 0.3 is 0 Å². The molecular formula is C24H27N5O3. The average Bonchev–Trinajstić information content (AvgIpc) is 2.84. The maximum Gasteiger partial charge on any atom is 0.257 e. The van der Waals surface area contributed by atoms with E-state index in [-0.39, 0.29) is 5.91 Å². The fraction of sp³-hybridized carbons (Fsp3) is 0.292. The highest BCUT2D eigenvalue weighted by molar-refractivity contribution is 5.97. The number of carbonyl (C=O) groups excluding carboxylic acids is 1. The maximum absolute atomic E-state index is 13.0. The van der Waals surface area contributed by atoms with Gasteiger partial charge in [0.05, 0.1) is 19.8 Å². The quantitative estimate of drug-likeness (QED) is 0.637. The maximum atomic E-state index is 13.0. The Morgan fingerprint density at radius 1 is 0.938 bits per heavy atom. The largest absolute Gasteiger partial charge is 0.497 e. The summed E-state index contributed by atoms with van der Waals surface area (Å²) in [5.74, 6) is 2.76. The number of amides is 1. The first kappa shape index (κ1) is 21.4. The Labute approximate surface area is 187 Å². The van der Waals surface area contributed by atoms with E-state index in [4.69, 9.17) is 14.5 Å². The van der Waals surface area contributed by atoms with E-state index < -0.39 is 0 Å². The SMILES string of the molecule is COc1ccc(Nc2cc(C)nc(N3CCN(C(=O)c4ccccc4OC)CC3)n2)cc1. The van der Waals surface area contributed by atoms with Crippen LogP contribution in [0.3, 0.4) is 0 Å². The van der Waals surface area contributed by atoms with E-state index >= 15 is 0 Å². The standard InChI is InChI=1S/C24H27N5O3/c1-17-16-22(26-18-8-10-19(31-2)11-9-18)27-24(25-17)29-14-12-28(13-15-29)23(30)20-6-4-5-7-21(20)32-3/h4-11,16H,12-15H2,1-3H3,(H,25,26,27). The molecule has 0 aliphatic carbocycles. The van der Waals surface area contributed by atoms with E-state index in [9.17, 15) is 4.79 Å². The molecule has 1 saturated heterocycles. The van der Waals surface area contributed by atoms with Crippen molar-refractivity contribution in [3.05, 3.63) is 65.9 Å². The summed E-state index contributed by atoms with van der Waals surface area (Å²) < 4.78 is 10.6. The van der Waals surface area contributed by atoms with Gasteiger partial charge in [-0.3, -0.25) is 4.79 Å². The molecule has 2 heterocycles. The number of benzene rings is 2. The molecule has 1 amide bonds. The van der Waals surface area contributed by atoms with E-state index in [1.807, 2.05) is 54.3 Å². The molecule has 1 aliphatic heterocycles. The predicted octanol–water partition coefficient (Wildman–Crippen LogP) is 3.51. The van der Waals surface area contributed by atoms with Crippen molar-refractivity contribution in [1.29, 1.82) is 0 Å². The lowest BCUT2D eigenvalue weighted by Gasteiger charge is -2.35. The van der Waals surface area contributed by atoms with Gasteiger partial charge in [-0.05, 0) is 43.3 Å². The van der Waals surface area contributed by atoms with Gasteiger partial charge in [-0.15, -0.1) is 0 Å². The molecule has 4 rings (SSSR count). The third-order valence-electron chi connectivity index (χ3n) is 5.39. The molecule has 166 valence electrons. The van der Waals surface area contributed by atoms with E-state index in [2.05, 4.69) is 15.2 Å². The second-order valence-corrected chi connectivity index (χ2v) is 7.53. The normalized spacial score (nSPS) is 13.6. The fourth-order valence-corrected chi connectivity index (χ4v) is 3.68. The highest BCUT2D eigenvalue weighted by atomic mass is 16.5. The minimum atomic E-state index is -0.0193. The van der Waals surface area contributed by atoms with Gasteiger partial charge in [0.25, 0.3) is 5.91 Å². The van der Waals surface area contributed by atoms with Crippen LogP contribution in [0.15, 0.2) is 54.6 Å². The minimum absolute atomic E-state index is 0.0193. The van der Waals surface area contributed by atoms with E-state index in [0.29, 0.717) is 43.4 Å². The van der Waals surface area contributed by atoms with E-state index in [0.717, 1.165) is 22.9 Å². The molecule has 1 aliphatic rings.